The van der Waals surface area contributed by atoms with Crippen molar-refractivity contribution >= 4 is 5.91 Å². The number of nitrogens with one attached hydrogen (secondary N) is 2. The molecule has 1 heterocycles. The quantitative estimate of drug-likeness (QED) is 0.791. The number of carbonyl (C=O) groups excluding carboxylic acids is 1. The van der Waals surface area contributed by atoms with E-state index >= 15 is 0 Å². The Balaban J connectivity index is 2.57. The second-order valence-corrected chi connectivity index (χ2v) is 6.41. The summed E-state index contributed by atoms with van der Waals surface area (Å²) in [4.78, 5) is 12.5. The lowest BCUT2D eigenvalue weighted by Crippen LogP contribution is -2.50. The Morgan fingerprint density at radius 2 is 2.11 bits per heavy atom. The van der Waals surface area contributed by atoms with Gasteiger partial charge in [-0.25, -0.2) is 0 Å². The van der Waals surface area contributed by atoms with Crippen LogP contribution < -0.4 is 10.6 Å². The number of rotatable bonds is 5. The van der Waals surface area contributed by atoms with Crippen LogP contribution in [-0.2, 0) is 4.79 Å². The van der Waals surface area contributed by atoms with Crippen molar-refractivity contribution in [3.8, 4) is 0 Å². The zero-order valence-electron chi connectivity index (χ0n) is 12.7. The van der Waals surface area contributed by atoms with E-state index in [1.807, 2.05) is 0 Å². The highest BCUT2D eigenvalue weighted by Gasteiger charge is 2.37. The molecule has 2 N–H and O–H groups in total. The molecule has 0 saturated carbocycles. The summed E-state index contributed by atoms with van der Waals surface area (Å²) < 4.78 is 0. The van der Waals surface area contributed by atoms with Gasteiger partial charge in [-0.1, -0.05) is 34.1 Å². The monoisotopic (exact) mass is 254 g/mol. The van der Waals surface area contributed by atoms with Crippen LogP contribution in [0.4, 0.5) is 0 Å². The van der Waals surface area contributed by atoms with E-state index in [2.05, 4.69) is 45.3 Å². The molecule has 1 aliphatic heterocycles. The molecular weight excluding hydrogens is 224 g/mol. The molecule has 1 saturated heterocycles. The van der Waals surface area contributed by atoms with Crippen molar-refractivity contribution in [2.24, 2.45) is 17.3 Å². The van der Waals surface area contributed by atoms with Crippen LogP contribution in [0.25, 0.3) is 0 Å². The second kappa shape index (κ2) is 6.55. The van der Waals surface area contributed by atoms with Gasteiger partial charge in [0.05, 0.1) is 0 Å². The van der Waals surface area contributed by atoms with Gasteiger partial charge in [0, 0.05) is 11.5 Å². The van der Waals surface area contributed by atoms with E-state index in [4.69, 9.17) is 0 Å². The Hall–Kier alpha value is -0.570. The standard InChI is InChI=1S/C15H30N2O/c1-6-11(2)12(3)17-14(18)15(4,5)13-8-7-9-16-10-13/h11-13,16H,6-10H2,1-5H3,(H,17,18). The van der Waals surface area contributed by atoms with E-state index in [1.165, 1.54) is 6.42 Å². The van der Waals surface area contributed by atoms with Gasteiger partial charge >= 0.3 is 0 Å². The molecular formula is C15H30N2O. The topological polar surface area (TPSA) is 41.1 Å². The fraction of sp³-hybridized carbons (Fsp3) is 0.933. The molecule has 1 aliphatic rings. The summed E-state index contributed by atoms with van der Waals surface area (Å²) in [7, 11) is 0. The van der Waals surface area contributed by atoms with Crippen molar-refractivity contribution < 1.29 is 4.79 Å². The van der Waals surface area contributed by atoms with Crippen molar-refractivity contribution in [2.75, 3.05) is 13.1 Å². The molecule has 18 heavy (non-hydrogen) atoms. The Kier molecular flexibility index (Phi) is 5.64. The Labute approximate surface area is 112 Å². The van der Waals surface area contributed by atoms with Crippen molar-refractivity contribution in [2.45, 2.75) is 59.9 Å². The first kappa shape index (κ1) is 15.5. The maximum atomic E-state index is 12.5. The summed E-state index contributed by atoms with van der Waals surface area (Å²) in [5.74, 6) is 1.20. The number of hydrogen-bond donors (Lipinski definition) is 2. The van der Waals surface area contributed by atoms with Gasteiger partial charge in [-0.05, 0) is 44.7 Å². The molecule has 3 unspecified atom stereocenters. The number of amides is 1. The Morgan fingerprint density at radius 1 is 1.44 bits per heavy atom. The highest BCUT2D eigenvalue weighted by Crippen LogP contribution is 2.32. The predicted molar refractivity (Wildman–Crippen MR) is 76.4 cm³/mol. The summed E-state index contributed by atoms with van der Waals surface area (Å²) in [5, 5.41) is 6.60. The second-order valence-electron chi connectivity index (χ2n) is 6.41. The number of piperidine rings is 1. The van der Waals surface area contributed by atoms with E-state index in [1.54, 1.807) is 0 Å². The molecule has 0 aromatic heterocycles. The molecule has 3 atom stereocenters. The SMILES string of the molecule is CCC(C)C(C)NC(=O)C(C)(C)C1CCCNC1. The Bertz CT molecular complexity index is 270. The average molecular weight is 254 g/mol. The van der Waals surface area contributed by atoms with Gasteiger partial charge in [0.25, 0.3) is 0 Å². The maximum Gasteiger partial charge on any atom is 0.226 e. The zero-order chi connectivity index (χ0) is 13.8. The Morgan fingerprint density at radius 3 is 2.61 bits per heavy atom. The third-order valence-corrected chi connectivity index (χ3v) is 4.76. The normalized spacial score (nSPS) is 24.4. The molecule has 0 radical (unpaired) electrons. The third kappa shape index (κ3) is 3.71. The number of hydrogen-bond acceptors (Lipinski definition) is 2. The van der Waals surface area contributed by atoms with Gasteiger partial charge in [0.1, 0.15) is 0 Å². The molecule has 0 spiro atoms. The predicted octanol–water partition coefficient (Wildman–Crippen LogP) is 2.56. The molecule has 0 aliphatic carbocycles. The van der Waals surface area contributed by atoms with Gasteiger partial charge in [-0.15, -0.1) is 0 Å². The number of carbonyl (C=O) groups is 1. The van der Waals surface area contributed by atoms with Gasteiger partial charge in [-0.2, -0.15) is 0 Å². The molecule has 3 heteroatoms. The third-order valence-electron chi connectivity index (χ3n) is 4.76. The summed E-state index contributed by atoms with van der Waals surface area (Å²) in [6, 6.07) is 0.262. The van der Waals surface area contributed by atoms with Crippen LogP contribution >= 0.6 is 0 Å². The van der Waals surface area contributed by atoms with Crippen molar-refractivity contribution in [1.29, 1.82) is 0 Å². The lowest BCUT2D eigenvalue weighted by Gasteiger charge is -2.37. The molecule has 1 amide bonds. The molecule has 0 aromatic carbocycles. The molecule has 1 rings (SSSR count). The minimum Gasteiger partial charge on any atom is -0.353 e. The van der Waals surface area contributed by atoms with Crippen LogP contribution in [0, 0.1) is 17.3 Å². The maximum absolute atomic E-state index is 12.5. The summed E-state index contributed by atoms with van der Waals surface area (Å²) in [6.07, 6.45) is 3.44. The van der Waals surface area contributed by atoms with Crippen LogP contribution in [0.5, 0.6) is 0 Å². The highest BCUT2D eigenvalue weighted by atomic mass is 16.2. The molecule has 3 nitrogen and oxygen atoms in total. The molecule has 0 bridgehead atoms. The van der Waals surface area contributed by atoms with E-state index in [9.17, 15) is 4.79 Å². The molecule has 0 aromatic rings. The highest BCUT2D eigenvalue weighted by molar-refractivity contribution is 5.82. The van der Waals surface area contributed by atoms with E-state index < -0.39 is 0 Å². The lowest BCUT2D eigenvalue weighted by molar-refractivity contribution is -0.133. The first-order valence-electron chi connectivity index (χ1n) is 7.41. The van der Waals surface area contributed by atoms with E-state index in [0.29, 0.717) is 11.8 Å². The van der Waals surface area contributed by atoms with Gasteiger partial charge in [0.15, 0.2) is 0 Å². The minimum absolute atomic E-state index is 0.212. The van der Waals surface area contributed by atoms with Crippen LogP contribution in [0.1, 0.15) is 53.9 Å². The summed E-state index contributed by atoms with van der Waals surface area (Å²) in [6.45, 7) is 12.7. The largest absolute Gasteiger partial charge is 0.353 e. The zero-order valence-corrected chi connectivity index (χ0v) is 12.7. The fourth-order valence-electron chi connectivity index (χ4n) is 2.54. The van der Waals surface area contributed by atoms with Crippen molar-refractivity contribution in [3.05, 3.63) is 0 Å². The van der Waals surface area contributed by atoms with Crippen LogP contribution in [0.3, 0.4) is 0 Å². The average Bonchev–Trinajstić information content (AvgIpc) is 2.38. The summed E-state index contributed by atoms with van der Waals surface area (Å²) in [5.41, 5.74) is -0.269. The van der Waals surface area contributed by atoms with Gasteiger partial charge in [0.2, 0.25) is 5.91 Å². The molecule has 1 fully saturated rings. The smallest absolute Gasteiger partial charge is 0.226 e. The van der Waals surface area contributed by atoms with Crippen molar-refractivity contribution in [1.82, 2.24) is 10.6 Å². The van der Waals surface area contributed by atoms with Gasteiger partial charge in [-0.3, -0.25) is 4.79 Å². The minimum atomic E-state index is -0.269. The summed E-state index contributed by atoms with van der Waals surface area (Å²) >= 11 is 0. The first-order chi connectivity index (χ1) is 8.39. The fourth-order valence-corrected chi connectivity index (χ4v) is 2.54. The van der Waals surface area contributed by atoms with Gasteiger partial charge < -0.3 is 10.6 Å². The molecule has 106 valence electrons. The van der Waals surface area contributed by atoms with Crippen LogP contribution in [0.2, 0.25) is 0 Å². The van der Waals surface area contributed by atoms with Crippen molar-refractivity contribution in [3.63, 3.8) is 0 Å². The lowest BCUT2D eigenvalue weighted by atomic mass is 9.74. The first-order valence-corrected chi connectivity index (χ1v) is 7.41. The van der Waals surface area contributed by atoms with Crippen LogP contribution in [0.15, 0.2) is 0 Å². The van der Waals surface area contributed by atoms with Crippen LogP contribution in [-0.4, -0.2) is 25.0 Å². The van der Waals surface area contributed by atoms with E-state index in [-0.39, 0.29) is 17.4 Å². The van der Waals surface area contributed by atoms with E-state index in [0.717, 1.165) is 25.9 Å².